The third-order valence-electron chi connectivity index (χ3n) is 6.00. The number of hydrogen-bond donors (Lipinski definition) is 1. The Bertz CT molecular complexity index is 1430. The third-order valence-corrected chi connectivity index (χ3v) is 6.00. The molecular formula is C33H39N5. The number of hydrogen-bond acceptors (Lipinski definition) is 4. The van der Waals surface area contributed by atoms with Gasteiger partial charge in [0, 0.05) is 43.2 Å². The van der Waals surface area contributed by atoms with Gasteiger partial charge in [-0.25, -0.2) is 4.98 Å². The van der Waals surface area contributed by atoms with Crippen molar-refractivity contribution in [1.29, 1.82) is 0 Å². The van der Waals surface area contributed by atoms with Gasteiger partial charge in [-0.3, -0.25) is 10.1 Å². The summed E-state index contributed by atoms with van der Waals surface area (Å²) in [6, 6.07) is 16.4. The summed E-state index contributed by atoms with van der Waals surface area (Å²) in [5, 5.41) is 8.00. The van der Waals surface area contributed by atoms with Crippen LogP contribution >= 0.6 is 0 Å². The van der Waals surface area contributed by atoms with E-state index in [0.29, 0.717) is 0 Å². The first-order valence-corrected chi connectivity index (χ1v) is 12.6. The Morgan fingerprint density at radius 1 is 1.11 bits per heavy atom. The number of H-pyrrole nitrogens is 1. The fourth-order valence-corrected chi connectivity index (χ4v) is 3.49. The van der Waals surface area contributed by atoms with E-state index in [1.165, 1.54) is 16.5 Å². The minimum Gasteiger partial charge on any atom is -0.334 e. The molecule has 4 rings (SSSR count). The van der Waals surface area contributed by atoms with Crippen molar-refractivity contribution >= 4 is 28.5 Å². The van der Waals surface area contributed by atoms with Crippen LogP contribution in [0.2, 0.25) is 0 Å². The number of aryl methyl sites for hydroxylation is 3. The summed E-state index contributed by atoms with van der Waals surface area (Å²) in [6.07, 6.45) is 13.8. The van der Waals surface area contributed by atoms with E-state index in [1.54, 1.807) is 13.3 Å². The number of fused-ring (bicyclic) bond motifs is 1. The Morgan fingerprint density at radius 2 is 1.82 bits per heavy atom. The molecule has 5 heteroatoms. The molecule has 2 heterocycles. The van der Waals surface area contributed by atoms with E-state index in [2.05, 4.69) is 96.8 Å². The average Bonchev–Trinajstić information content (AvgIpc) is 3.39. The maximum Gasteiger partial charge on any atom is 0.135 e. The highest BCUT2D eigenvalue weighted by Crippen LogP contribution is 2.22. The molecule has 0 aliphatic rings. The summed E-state index contributed by atoms with van der Waals surface area (Å²) in [5.74, 6) is 3.53. The molecule has 5 nitrogen and oxygen atoms in total. The third kappa shape index (κ3) is 8.90. The van der Waals surface area contributed by atoms with Crippen LogP contribution < -0.4 is 4.90 Å². The van der Waals surface area contributed by atoms with Crippen molar-refractivity contribution in [1.82, 2.24) is 15.2 Å². The second-order valence-electron chi connectivity index (χ2n) is 9.07. The summed E-state index contributed by atoms with van der Waals surface area (Å²) < 4.78 is 0. The highest BCUT2D eigenvalue weighted by Gasteiger charge is 2.08. The van der Waals surface area contributed by atoms with Crippen molar-refractivity contribution in [2.45, 2.75) is 41.0 Å². The van der Waals surface area contributed by atoms with Gasteiger partial charge >= 0.3 is 0 Å². The van der Waals surface area contributed by atoms with Crippen LogP contribution in [0.1, 0.15) is 48.6 Å². The summed E-state index contributed by atoms with van der Waals surface area (Å²) in [4.78, 5) is 10.5. The Morgan fingerprint density at radius 3 is 2.39 bits per heavy atom. The normalized spacial score (nSPS) is 10.7. The summed E-state index contributed by atoms with van der Waals surface area (Å²) in [5.41, 5.74) is 9.04. The minimum atomic E-state index is 0.947. The van der Waals surface area contributed by atoms with Gasteiger partial charge in [-0.05, 0) is 92.3 Å². The topological polar surface area (TPSA) is 57.2 Å². The molecule has 0 radical (unpaired) electrons. The van der Waals surface area contributed by atoms with Gasteiger partial charge < -0.3 is 4.90 Å². The van der Waals surface area contributed by atoms with E-state index in [1.807, 2.05) is 49.5 Å². The molecular weight excluding hydrogens is 466 g/mol. The summed E-state index contributed by atoms with van der Waals surface area (Å²) >= 11 is 0. The van der Waals surface area contributed by atoms with Gasteiger partial charge in [0.2, 0.25) is 0 Å². The maximum atomic E-state index is 5.19. The average molecular weight is 506 g/mol. The van der Waals surface area contributed by atoms with Gasteiger partial charge in [0.1, 0.15) is 5.82 Å². The molecule has 4 aromatic rings. The number of rotatable bonds is 5. The van der Waals surface area contributed by atoms with E-state index in [-0.39, 0.29) is 0 Å². The zero-order valence-corrected chi connectivity index (χ0v) is 23.7. The summed E-state index contributed by atoms with van der Waals surface area (Å²) in [6.45, 7) is 14.2. The number of nitrogens with one attached hydrogen (secondary N) is 1. The Kier molecular flexibility index (Phi) is 11.7. The van der Waals surface area contributed by atoms with Crippen molar-refractivity contribution in [2.24, 2.45) is 4.99 Å². The lowest BCUT2D eigenvalue weighted by atomic mass is 10.1. The molecule has 196 valence electrons. The zero-order chi connectivity index (χ0) is 28.1. The molecule has 1 N–H and O–H groups in total. The largest absolute Gasteiger partial charge is 0.334 e. The van der Waals surface area contributed by atoms with Crippen molar-refractivity contribution < 1.29 is 0 Å². The maximum absolute atomic E-state index is 5.19. The molecule has 0 amide bonds. The lowest BCUT2D eigenvalue weighted by molar-refractivity contribution is 1.03. The first kappa shape index (κ1) is 29.8. The van der Waals surface area contributed by atoms with Gasteiger partial charge in [-0.2, -0.15) is 5.10 Å². The van der Waals surface area contributed by atoms with Gasteiger partial charge in [0.05, 0.1) is 11.7 Å². The van der Waals surface area contributed by atoms with Crippen LogP contribution in [0, 0.1) is 26.2 Å². The van der Waals surface area contributed by atoms with Crippen molar-refractivity contribution in [3.8, 4) is 12.3 Å². The van der Waals surface area contributed by atoms with E-state index in [9.17, 15) is 0 Å². The molecule has 0 unspecified atom stereocenters. The highest BCUT2D eigenvalue weighted by atomic mass is 15.2. The number of benzene rings is 2. The predicted octanol–water partition coefficient (Wildman–Crippen LogP) is 7.57. The highest BCUT2D eigenvalue weighted by molar-refractivity contribution is 5.84. The second-order valence-corrected chi connectivity index (χ2v) is 9.07. The van der Waals surface area contributed by atoms with Crippen LogP contribution in [0.4, 0.5) is 5.82 Å². The Balaban J connectivity index is 0.000000214. The van der Waals surface area contributed by atoms with Gasteiger partial charge in [-0.15, -0.1) is 6.42 Å². The fourth-order valence-electron chi connectivity index (χ4n) is 3.49. The first-order chi connectivity index (χ1) is 18.2. The molecule has 38 heavy (non-hydrogen) atoms. The number of allylic oxidation sites excluding steroid dienone is 3. The zero-order valence-electron chi connectivity index (χ0n) is 23.7. The molecule has 0 aliphatic heterocycles. The van der Waals surface area contributed by atoms with Crippen LogP contribution in [0.3, 0.4) is 0 Å². The van der Waals surface area contributed by atoms with Gasteiger partial charge in [0.25, 0.3) is 0 Å². The number of terminal acetylenes is 1. The van der Waals surface area contributed by atoms with E-state index in [0.717, 1.165) is 45.7 Å². The number of aromatic nitrogens is 3. The molecule has 0 saturated carbocycles. The number of aromatic amines is 1. The number of nitrogens with zero attached hydrogens (tertiary/aromatic N) is 4. The van der Waals surface area contributed by atoms with Crippen molar-refractivity contribution in [3.05, 3.63) is 107 Å². The van der Waals surface area contributed by atoms with E-state index in [4.69, 9.17) is 6.42 Å². The lowest BCUT2D eigenvalue weighted by Crippen LogP contribution is -2.16. The van der Waals surface area contributed by atoms with Crippen molar-refractivity contribution in [3.63, 3.8) is 0 Å². The molecule has 0 atom stereocenters. The molecule has 2 aromatic carbocycles. The summed E-state index contributed by atoms with van der Waals surface area (Å²) in [7, 11) is 3.74. The van der Waals surface area contributed by atoms with Gasteiger partial charge in [0.15, 0.2) is 0 Å². The Labute approximate surface area is 228 Å². The molecule has 2 aromatic heterocycles. The standard InChI is InChI=1S/C15H21N3.C10H10.C8H8N2/c1-11(2)18(6)15-13(4)9-14(10-17-15)12(3)7-8-16-5;1-3-9-5-7-10(4-2)8-6-9;1-6-2-3-7-5-9-10-8(7)4-6/h7-10H,1H2,2-6H3;1,5-8H,4H2,2H3;2-5H,1H3,(H,9,10)/b12-7+,16-8?;;. The number of anilines is 1. The Hall–Kier alpha value is -4.43. The van der Waals surface area contributed by atoms with Crippen LogP contribution in [-0.4, -0.2) is 35.5 Å². The quantitative estimate of drug-likeness (QED) is 0.225. The van der Waals surface area contributed by atoms with Crippen LogP contribution in [0.5, 0.6) is 0 Å². The van der Waals surface area contributed by atoms with E-state index >= 15 is 0 Å². The van der Waals surface area contributed by atoms with Crippen molar-refractivity contribution in [2.75, 3.05) is 19.0 Å². The smallest absolute Gasteiger partial charge is 0.135 e. The first-order valence-electron chi connectivity index (χ1n) is 12.6. The molecule has 0 aliphatic carbocycles. The van der Waals surface area contributed by atoms with Gasteiger partial charge in [-0.1, -0.05) is 43.7 Å². The lowest BCUT2D eigenvalue weighted by Gasteiger charge is -2.20. The monoisotopic (exact) mass is 505 g/mol. The predicted molar refractivity (Wildman–Crippen MR) is 165 cm³/mol. The second kappa shape index (κ2) is 15.0. The molecule has 0 saturated heterocycles. The molecule has 0 spiro atoms. The van der Waals surface area contributed by atoms with Crippen LogP contribution in [0.25, 0.3) is 16.5 Å². The fraction of sp³-hybridized carbons (Fsp3) is 0.242. The molecule has 0 bridgehead atoms. The SMILES string of the molecule is C#Cc1ccc(CC)cc1.C=C(C)N(C)c1ncc(/C(C)=C/C=NC)cc1C.Cc1ccc2cn[nH]c2c1. The van der Waals surface area contributed by atoms with Crippen LogP contribution in [-0.2, 0) is 6.42 Å². The van der Waals surface area contributed by atoms with E-state index < -0.39 is 0 Å². The minimum absolute atomic E-state index is 0.947. The van der Waals surface area contributed by atoms with Crippen LogP contribution in [0.15, 0.2) is 84.3 Å². The molecule has 0 fully saturated rings. The number of aliphatic imine (C=N–C) groups is 1. The number of pyridine rings is 1.